The lowest BCUT2D eigenvalue weighted by Gasteiger charge is -2.32. The third-order valence-electron chi connectivity index (χ3n) is 6.64. The zero-order valence-corrected chi connectivity index (χ0v) is 20.2. The zero-order valence-electron chi connectivity index (χ0n) is 19.4. The minimum Gasteiger partial charge on any atom is -0.383 e. The number of hydrogen-bond acceptors (Lipinski definition) is 7. The number of rotatable bonds is 10. The van der Waals surface area contributed by atoms with Gasteiger partial charge in [-0.2, -0.15) is 5.26 Å². The van der Waals surface area contributed by atoms with E-state index in [1.165, 1.54) is 0 Å². The Labute approximate surface area is 201 Å². The summed E-state index contributed by atoms with van der Waals surface area (Å²) in [6, 6.07) is 7.76. The smallest absolute Gasteiger partial charge is 0.126 e. The Hall–Kier alpha value is -2.40. The van der Waals surface area contributed by atoms with E-state index >= 15 is 0 Å². The molecule has 2 aromatic heterocycles. The first-order chi connectivity index (χ1) is 16.0. The van der Waals surface area contributed by atoms with Gasteiger partial charge in [-0.1, -0.05) is 11.6 Å². The molecule has 2 aliphatic carbocycles. The summed E-state index contributed by atoms with van der Waals surface area (Å²) in [5, 5.41) is 20.5. The van der Waals surface area contributed by atoms with E-state index in [4.69, 9.17) is 16.3 Å². The van der Waals surface area contributed by atoms with Gasteiger partial charge in [0.05, 0.1) is 28.8 Å². The van der Waals surface area contributed by atoms with Gasteiger partial charge >= 0.3 is 0 Å². The predicted molar refractivity (Wildman–Crippen MR) is 132 cm³/mol. The minimum atomic E-state index is -0.211. The average Bonchev–Trinajstić information content (AvgIpc) is 3.61. The van der Waals surface area contributed by atoms with Gasteiger partial charge in [0.25, 0.3) is 0 Å². The maximum Gasteiger partial charge on any atom is 0.126 e. The van der Waals surface area contributed by atoms with Gasteiger partial charge in [-0.05, 0) is 57.6 Å². The van der Waals surface area contributed by atoms with Crippen molar-refractivity contribution in [1.82, 2.24) is 15.3 Å². The Bertz CT molecular complexity index is 981. The number of hydrogen-bond donors (Lipinski definition) is 3. The number of nitrogens with one attached hydrogen (secondary N) is 3. The molecule has 2 saturated carbocycles. The number of aromatic nitrogens is 2. The van der Waals surface area contributed by atoms with Crippen molar-refractivity contribution in [1.29, 1.82) is 5.26 Å². The Kier molecular flexibility index (Phi) is 7.69. The SMILES string of the molecule is COC[C@H](C)NC1CCC(Nc2cc(-c3cncc(NCC4(C#N)CC4)c3)c(Cl)cn2)CC1. The second-order valence-corrected chi connectivity index (χ2v) is 9.88. The van der Waals surface area contributed by atoms with Crippen LogP contribution in [0.1, 0.15) is 45.4 Å². The predicted octanol–water partition coefficient (Wildman–Crippen LogP) is 4.86. The van der Waals surface area contributed by atoms with Crippen molar-refractivity contribution >= 4 is 23.1 Å². The molecule has 3 N–H and O–H groups in total. The van der Waals surface area contributed by atoms with Gasteiger partial charge in [0.15, 0.2) is 0 Å². The summed E-state index contributed by atoms with van der Waals surface area (Å²) in [5.41, 5.74) is 2.51. The van der Waals surface area contributed by atoms with Gasteiger partial charge in [-0.15, -0.1) is 0 Å². The van der Waals surface area contributed by atoms with Crippen LogP contribution in [0, 0.1) is 16.7 Å². The summed E-state index contributed by atoms with van der Waals surface area (Å²) in [5.74, 6) is 0.832. The van der Waals surface area contributed by atoms with E-state index in [1.807, 2.05) is 18.3 Å². The van der Waals surface area contributed by atoms with E-state index in [1.54, 1.807) is 19.5 Å². The third-order valence-corrected chi connectivity index (χ3v) is 6.94. The van der Waals surface area contributed by atoms with Crippen molar-refractivity contribution < 1.29 is 4.74 Å². The number of anilines is 2. The second-order valence-electron chi connectivity index (χ2n) is 9.47. The molecule has 0 amide bonds. The van der Waals surface area contributed by atoms with E-state index in [0.29, 0.717) is 29.7 Å². The van der Waals surface area contributed by atoms with Crippen LogP contribution in [0.2, 0.25) is 5.02 Å². The molecule has 4 rings (SSSR count). The van der Waals surface area contributed by atoms with Crippen molar-refractivity contribution in [3.63, 3.8) is 0 Å². The van der Waals surface area contributed by atoms with Crippen molar-refractivity contribution in [2.24, 2.45) is 5.41 Å². The fourth-order valence-corrected chi connectivity index (χ4v) is 4.70. The quantitative estimate of drug-likeness (QED) is 0.458. The van der Waals surface area contributed by atoms with Crippen LogP contribution < -0.4 is 16.0 Å². The molecule has 33 heavy (non-hydrogen) atoms. The van der Waals surface area contributed by atoms with E-state index in [-0.39, 0.29) is 5.41 Å². The minimum absolute atomic E-state index is 0.211. The van der Waals surface area contributed by atoms with Gasteiger partial charge in [0.1, 0.15) is 5.82 Å². The number of ether oxygens (including phenoxy) is 1. The highest BCUT2D eigenvalue weighted by Gasteiger charge is 2.42. The lowest BCUT2D eigenvalue weighted by molar-refractivity contribution is 0.161. The molecule has 2 heterocycles. The molecule has 0 aliphatic heterocycles. The first kappa shape index (κ1) is 23.7. The fraction of sp³-hybridized carbons (Fsp3) is 0.560. The first-order valence-electron chi connectivity index (χ1n) is 11.8. The monoisotopic (exact) mass is 468 g/mol. The highest BCUT2D eigenvalue weighted by Crippen LogP contribution is 2.44. The molecule has 0 saturated heterocycles. The van der Waals surface area contributed by atoms with E-state index in [0.717, 1.165) is 67.8 Å². The molecule has 2 aliphatic rings. The third kappa shape index (κ3) is 6.35. The number of nitriles is 1. The Balaban J connectivity index is 1.37. The fourth-order valence-electron chi connectivity index (χ4n) is 4.49. The number of pyridine rings is 2. The van der Waals surface area contributed by atoms with Crippen molar-refractivity contribution in [2.45, 2.75) is 63.6 Å². The van der Waals surface area contributed by atoms with Crippen LogP contribution >= 0.6 is 11.6 Å². The number of nitrogens with zero attached hydrogens (tertiary/aromatic N) is 3. The van der Waals surface area contributed by atoms with Crippen molar-refractivity contribution in [2.75, 3.05) is 30.9 Å². The molecular formula is C25H33ClN6O. The van der Waals surface area contributed by atoms with Crippen LogP contribution in [0.3, 0.4) is 0 Å². The largest absolute Gasteiger partial charge is 0.383 e. The lowest BCUT2D eigenvalue weighted by atomic mass is 9.90. The van der Waals surface area contributed by atoms with Crippen LogP contribution in [0.5, 0.6) is 0 Å². The van der Waals surface area contributed by atoms with Crippen molar-refractivity contribution in [3.8, 4) is 17.2 Å². The van der Waals surface area contributed by atoms with Crippen LogP contribution in [-0.4, -0.2) is 48.4 Å². The maximum absolute atomic E-state index is 9.30. The molecule has 7 nitrogen and oxygen atoms in total. The molecule has 0 aromatic carbocycles. The zero-order chi connectivity index (χ0) is 23.3. The second kappa shape index (κ2) is 10.7. The standard InChI is InChI=1S/C25H33ClN6O/c1-17(14-33-2)31-19-3-5-20(6-4-19)32-24-10-22(23(26)13-29-24)18-9-21(12-28-11-18)30-16-25(15-27)7-8-25/h9-13,17,19-20,30-31H,3-8,14,16H2,1-2H3,(H,29,32)/t17-,19?,20?/m0/s1. The van der Waals surface area contributed by atoms with Gasteiger partial charge in [0, 0.05) is 61.5 Å². The van der Waals surface area contributed by atoms with Crippen LogP contribution in [-0.2, 0) is 4.74 Å². The Morgan fingerprint density at radius 3 is 2.64 bits per heavy atom. The van der Waals surface area contributed by atoms with E-state index in [2.05, 4.69) is 38.9 Å². The van der Waals surface area contributed by atoms with Gasteiger partial charge < -0.3 is 20.7 Å². The Morgan fingerprint density at radius 1 is 1.18 bits per heavy atom. The summed E-state index contributed by atoms with van der Waals surface area (Å²) in [6.07, 6.45) is 11.7. The summed E-state index contributed by atoms with van der Waals surface area (Å²) < 4.78 is 5.23. The molecule has 0 bridgehead atoms. The topological polar surface area (TPSA) is 94.9 Å². The van der Waals surface area contributed by atoms with Crippen LogP contribution in [0.15, 0.2) is 30.7 Å². The summed E-state index contributed by atoms with van der Waals surface area (Å²) in [7, 11) is 1.74. The van der Waals surface area contributed by atoms with Crippen molar-refractivity contribution in [3.05, 3.63) is 35.7 Å². The molecule has 8 heteroatoms. The highest BCUT2D eigenvalue weighted by molar-refractivity contribution is 6.33. The lowest BCUT2D eigenvalue weighted by Crippen LogP contribution is -2.42. The molecular weight excluding hydrogens is 436 g/mol. The number of halogens is 1. The molecule has 0 unspecified atom stereocenters. The molecule has 176 valence electrons. The number of methoxy groups -OCH3 is 1. The summed E-state index contributed by atoms with van der Waals surface area (Å²) >= 11 is 6.50. The molecule has 0 spiro atoms. The Morgan fingerprint density at radius 2 is 1.94 bits per heavy atom. The summed E-state index contributed by atoms with van der Waals surface area (Å²) in [4.78, 5) is 8.89. The normalized spacial score (nSPS) is 22.2. The maximum atomic E-state index is 9.30. The van der Waals surface area contributed by atoms with E-state index < -0.39 is 0 Å². The average molecular weight is 469 g/mol. The molecule has 0 radical (unpaired) electrons. The molecule has 2 aromatic rings. The van der Waals surface area contributed by atoms with Gasteiger partial charge in [-0.25, -0.2) is 4.98 Å². The van der Waals surface area contributed by atoms with Gasteiger partial charge in [0.2, 0.25) is 0 Å². The van der Waals surface area contributed by atoms with E-state index in [9.17, 15) is 5.26 Å². The summed E-state index contributed by atoms with van der Waals surface area (Å²) in [6.45, 7) is 3.55. The molecule has 2 fully saturated rings. The highest BCUT2D eigenvalue weighted by atomic mass is 35.5. The van der Waals surface area contributed by atoms with Gasteiger partial charge in [-0.3, -0.25) is 4.98 Å². The first-order valence-corrected chi connectivity index (χ1v) is 12.2. The molecule has 1 atom stereocenters. The van der Waals surface area contributed by atoms with Crippen LogP contribution in [0.4, 0.5) is 11.5 Å². The van der Waals surface area contributed by atoms with Crippen LogP contribution in [0.25, 0.3) is 11.1 Å².